The molecule has 1 heterocycles. The van der Waals surface area contributed by atoms with E-state index in [1.54, 1.807) is 25.1 Å². The quantitative estimate of drug-likeness (QED) is 0.581. The van der Waals surface area contributed by atoms with E-state index in [4.69, 9.17) is 9.57 Å². The van der Waals surface area contributed by atoms with Crippen LogP contribution in [-0.2, 0) is 14.4 Å². The summed E-state index contributed by atoms with van der Waals surface area (Å²) in [6.07, 6.45) is 0.133. The summed E-state index contributed by atoms with van der Waals surface area (Å²) in [7, 11) is 0. The SMILES string of the molecule is CCOc1cc(I)ccc1C(=O)ON1C(=O)CCC1=O. The molecule has 0 aliphatic carbocycles. The molecule has 0 bridgehead atoms. The lowest BCUT2D eigenvalue weighted by molar-refractivity contribution is -0.172. The zero-order chi connectivity index (χ0) is 14.7. The molecule has 0 radical (unpaired) electrons. The molecule has 0 spiro atoms. The van der Waals surface area contributed by atoms with Crippen LogP contribution < -0.4 is 4.74 Å². The van der Waals surface area contributed by atoms with Crippen molar-refractivity contribution in [1.82, 2.24) is 5.06 Å². The zero-order valence-electron chi connectivity index (χ0n) is 10.7. The number of hydrogen-bond acceptors (Lipinski definition) is 5. The first-order valence-corrected chi connectivity index (χ1v) is 7.11. The van der Waals surface area contributed by atoms with Crippen molar-refractivity contribution in [1.29, 1.82) is 0 Å². The van der Waals surface area contributed by atoms with Crippen LogP contribution in [0.3, 0.4) is 0 Å². The van der Waals surface area contributed by atoms with Crippen LogP contribution in [0, 0.1) is 3.57 Å². The molecule has 0 atom stereocenters. The fraction of sp³-hybridized carbons (Fsp3) is 0.308. The number of nitrogens with zero attached hydrogens (tertiary/aromatic N) is 1. The van der Waals surface area contributed by atoms with Crippen molar-refractivity contribution in [2.75, 3.05) is 6.61 Å². The number of halogens is 1. The summed E-state index contributed by atoms with van der Waals surface area (Å²) in [5, 5.41) is 0.524. The van der Waals surface area contributed by atoms with Gasteiger partial charge in [0.15, 0.2) is 0 Å². The molecule has 6 nitrogen and oxygen atoms in total. The highest BCUT2D eigenvalue weighted by Gasteiger charge is 2.33. The topological polar surface area (TPSA) is 72.9 Å². The molecule has 2 rings (SSSR count). The fourth-order valence-corrected chi connectivity index (χ4v) is 2.19. The minimum atomic E-state index is -0.784. The number of benzene rings is 1. The molecule has 0 N–H and O–H groups in total. The predicted octanol–water partition coefficient (Wildman–Crippen LogP) is 1.91. The Labute approximate surface area is 129 Å². The van der Waals surface area contributed by atoms with Gasteiger partial charge in [-0.05, 0) is 47.7 Å². The van der Waals surface area contributed by atoms with E-state index < -0.39 is 17.8 Å². The molecule has 106 valence electrons. The highest BCUT2D eigenvalue weighted by atomic mass is 127. The van der Waals surface area contributed by atoms with Gasteiger partial charge in [-0.2, -0.15) is 0 Å². The van der Waals surface area contributed by atoms with E-state index in [2.05, 4.69) is 22.6 Å². The van der Waals surface area contributed by atoms with Gasteiger partial charge in [-0.15, -0.1) is 5.06 Å². The third-order valence-corrected chi connectivity index (χ3v) is 3.31. The lowest BCUT2D eigenvalue weighted by atomic mass is 10.2. The molecule has 1 fully saturated rings. The van der Waals surface area contributed by atoms with Crippen LogP contribution in [0.5, 0.6) is 5.75 Å². The van der Waals surface area contributed by atoms with Gasteiger partial charge in [0.1, 0.15) is 11.3 Å². The Balaban J connectivity index is 2.20. The van der Waals surface area contributed by atoms with Crippen LogP contribution in [0.2, 0.25) is 0 Å². The van der Waals surface area contributed by atoms with Crippen molar-refractivity contribution in [2.24, 2.45) is 0 Å². The van der Waals surface area contributed by atoms with Gasteiger partial charge in [0, 0.05) is 16.4 Å². The Morgan fingerprint density at radius 1 is 1.30 bits per heavy atom. The van der Waals surface area contributed by atoms with Crippen molar-refractivity contribution in [3.8, 4) is 5.75 Å². The fourth-order valence-electron chi connectivity index (χ4n) is 1.73. The van der Waals surface area contributed by atoms with E-state index in [1.807, 2.05) is 0 Å². The molecule has 1 saturated heterocycles. The number of carbonyl (C=O) groups excluding carboxylic acids is 3. The summed E-state index contributed by atoms with van der Waals surface area (Å²) in [6, 6.07) is 4.95. The molecule has 0 saturated carbocycles. The molecule has 7 heteroatoms. The van der Waals surface area contributed by atoms with Gasteiger partial charge in [0.2, 0.25) is 0 Å². The number of carbonyl (C=O) groups is 3. The van der Waals surface area contributed by atoms with Gasteiger partial charge >= 0.3 is 5.97 Å². The summed E-state index contributed by atoms with van der Waals surface area (Å²) >= 11 is 2.09. The number of rotatable bonds is 4. The van der Waals surface area contributed by atoms with E-state index in [-0.39, 0.29) is 18.4 Å². The standard InChI is InChI=1S/C13H12INO5/c1-2-19-10-7-8(14)3-4-9(10)13(18)20-15-11(16)5-6-12(15)17/h3-4,7H,2,5-6H2,1H3. The highest BCUT2D eigenvalue weighted by molar-refractivity contribution is 14.1. The smallest absolute Gasteiger partial charge is 0.367 e. The van der Waals surface area contributed by atoms with Crippen LogP contribution in [0.1, 0.15) is 30.1 Å². The Hall–Kier alpha value is -1.64. The maximum atomic E-state index is 12.0. The molecular formula is C13H12INO5. The minimum absolute atomic E-state index is 0.0666. The summed E-state index contributed by atoms with van der Waals surface area (Å²) in [5.74, 6) is -1.43. The first-order valence-electron chi connectivity index (χ1n) is 6.03. The van der Waals surface area contributed by atoms with E-state index >= 15 is 0 Å². The van der Waals surface area contributed by atoms with E-state index in [0.717, 1.165) is 3.57 Å². The second kappa shape index (κ2) is 6.21. The first-order chi connectivity index (χ1) is 9.52. The van der Waals surface area contributed by atoms with Crippen LogP contribution in [0.4, 0.5) is 0 Å². The summed E-state index contributed by atoms with van der Waals surface area (Å²) in [5.41, 5.74) is 0.180. The van der Waals surface area contributed by atoms with Crippen molar-refractivity contribution in [3.05, 3.63) is 27.3 Å². The molecule has 1 aromatic rings. The average molecular weight is 389 g/mol. The second-order valence-electron chi connectivity index (χ2n) is 4.03. The van der Waals surface area contributed by atoms with E-state index in [1.165, 1.54) is 0 Å². The molecule has 0 aromatic heterocycles. The van der Waals surface area contributed by atoms with Crippen molar-refractivity contribution in [3.63, 3.8) is 0 Å². The maximum absolute atomic E-state index is 12.0. The first kappa shape index (κ1) is 14.8. The van der Waals surface area contributed by atoms with Crippen LogP contribution >= 0.6 is 22.6 Å². The van der Waals surface area contributed by atoms with Crippen LogP contribution in [0.25, 0.3) is 0 Å². The van der Waals surface area contributed by atoms with Gasteiger partial charge in [-0.3, -0.25) is 9.59 Å². The maximum Gasteiger partial charge on any atom is 0.367 e. The monoisotopic (exact) mass is 389 g/mol. The zero-order valence-corrected chi connectivity index (χ0v) is 12.9. The van der Waals surface area contributed by atoms with Crippen molar-refractivity contribution in [2.45, 2.75) is 19.8 Å². The molecule has 1 aliphatic rings. The number of imide groups is 1. The van der Waals surface area contributed by atoms with Gasteiger partial charge in [0.25, 0.3) is 11.8 Å². The van der Waals surface area contributed by atoms with Crippen LogP contribution in [-0.4, -0.2) is 29.5 Å². The predicted molar refractivity (Wildman–Crippen MR) is 76.8 cm³/mol. The molecule has 2 amide bonds. The van der Waals surface area contributed by atoms with E-state index in [0.29, 0.717) is 17.4 Å². The average Bonchev–Trinajstić information content (AvgIpc) is 2.71. The summed E-state index contributed by atoms with van der Waals surface area (Å²) < 4.78 is 6.26. The van der Waals surface area contributed by atoms with E-state index in [9.17, 15) is 14.4 Å². The molecule has 1 aliphatic heterocycles. The normalized spacial score (nSPS) is 14.6. The summed E-state index contributed by atoms with van der Waals surface area (Å²) in [6.45, 7) is 2.18. The Morgan fingerprint density at radius 2 is 1.95 bits per heavy atom. The second-order valence-corrected chi connectivity index (χ2v) is 5.28. The largest absolute Gasteiger partial charge is 0.493 e. The van der Waals surface area contributed by atoms with Gasteiger partial charge in [-0.1, -0.05) is 0 Å². The van der Waals surface area contributed by atoms with Crippen molar-refractivity contribution >= 4 is 40.4 Å². The lowest BCUT2D eigenvalue weighted by Crippen LogP contribution is -2.32. The Kier molecular flexibility index (Phi) is 4.58. The number of ether oxygens (including phenoxy) is 1. The molecule has 1 aromatic carbocycles. The van der Waals surface area contributed by atoms with Gasteiger partial charge in [-0.25, -0.2) is 4.79 Å². The number of hydrogen-bond donors (Lipinski definition) is 0. The third-order valence-electron chi connectivity index (χ3n) is 2.64. The minimum Gasteiger partial charge on any atom is -0.493 e. The van der Waals surface area contributed by atoms with Crippen molar-refractivity contribution < 1.29 is 24.0 Å². The number of hydroxylamine groups is 2. The van der Waals surface area contributed by atoms with Crippen LogP contribution in [0.15, 0.2) is 18.2 Å². The molecular weight excluding hydrogens is 377 g/mol. The lowest BCUT2D eigenvalue weighted by Gasteiger charge is -2.14. The third kappa shape index (κ3) is 3.09. The Morgan fingerprint density at radius 3 is 2.55 bits per heavy atom. The van der Waals surface area contributed by atoms with Gasteiger partial charge < -0.3 is 9.57 Å². The summed E-state index contributed by atoms with van der Waals surface area (Å²) in [4.78, 5) is 39.7. The number of amides is 2. The molecule has 20 heavy (non-hydrogen) atoms. The van der Waals surface area contributed by atoms with Gasteiger partial charge in [0.05, 0.1) is 6.61 Å². The highest BCUT2D eigenvalue weighted by Crippen LogP contribution is 2.24. The molecule has 0 unspecified atom stereocenters. The Bertz CT molecular complexity index is 556.